The van der Waals surface area contributed by atoms with Gasteiger partial charge in [-0.15, -0.1) is 0 Å². The summed E-state index contributed by atoms with van der Waals surface area (Å²) in [6, 6.07) is 0. The van der Waals surface area contributed by atoms with Gasteiger partial charge in [-0.3, -0.25) is 0 Å². The molecule has 0 nitrogen and oxygen atoms in total. The summed E-state index contributed by atoms with van der Waals surface area (Å²) in [4.78, 5) is 0. The van der Waals surface area contributed by atoms with Crippen LogP contribution in [0, 0.1) is 0 Å². The predicted octanol–water partition coefficient (Wildman–Crippen LogP) is 3.13. The minimum Gasteiger partial charge on any atom is -0.0903 e. The smallest absolute Gasteiger partial charge is 0.0405 e. The van der Waals surface area contributed by atoms with Crippen molar-refractivity contribution in [2.75, 3.05) is 0 Å². The normalized spacial score (nSPS) is 19.0. The van der Waals surface area contributed by atoms with Crippen molar-refractivity contribution in [3.8, 4) is 0 Å². The summed E-state index contributed by atoms with van der Waals surface area (Å²) in [6.07, 6.45) is 5.36. The second-order valence-corrected chi connectivity index (χ2v) is 3.94. The lowest BCUT2D eigenvalue weighted by atomic mass is 10.1. The lowest BCUT2D eigenvalue weighted by Gasteiger charge is -2.13. The van der Waals surface area contributed by atoms with E-state index in [0.717, 1.165) is 6.42 Å². The maximum atomic E-state index is 3.55. The Morgan fingerprint density at radius 3 is 2.25 bits per heavy atom. The molecule has 1 unspecified atom stereocenters. The second kappa shape index (κ2) is 3.29. The lowest BCUT2D eigenvalue weighted by Crippen LogP contribution is -2.07. The molecule has 0 aromatic carbocycles. The van der Waals surface area contributed by atoms with Gasteiger partial charge in [-0.1, -0.05) is 35.0 Å². The van der Waals surface area contributed by atoms with Crippen LogP contribution in [0.1, 0.15) is 27.2 Å². The number of halogens is 1. The monoisotopic (exact) mass is 176 g/mol. The molecule has 0 heterocycles. The molecule has 1 heteroatoms. The third-order valence-electron chi connectivity index (χ3n) is 1.21. The van der Waals surface area contributed by atoms with Crippen molar-refractivity contribution in [3.05, 3.63) is 12.2 Å². The molecular formula is C7H13Br. The van der Waals surface area contributed by atoms with Crippen molar-refractivity contribution in [3.63, 3.8) is 0 Å². The number of rotatable bonds is 2. The van der Waals surface area contributed by atoms with Gasteiger partial charge < -0.3 is 0 Å². The second-order valence-electron chi connectivity index (χ2n) is 2.13. The standard InChI is InChI=1S/C7H13Br/c1-4-6-7(3,8)5-2/h4,6H,5H2,1-3H3/b6-4+. The van der Waals surface area contributed by atoms with Crippen LogP contribution in [0.2, 0.25) is 0 Å². The molecule has 0 amide bonds. The average molecular weight is 177 g/mol. The third-order valence-corrected chi connectivity index (χ3v) is 2.03. The minimum absolute atomic E-state index is 0.224. The van der Waals surface area contributed by atoms with E-state index in [9.17, 15) is 0 Å². The number of allylic oxidation sites excluding steroid dienone is 2. The van der Waals surface area contributed by atoms with E-state index in [2.05, 4.69) is 41.9 Å². The first-order valence-corrected chi connectivity index (χ1v) is 3.74. The molecule has 0 fully saturated rings. The largest absolute Gasteiger partial charge is 0.0903 e. The Kier molecular flexibility index (Phi) is 3.38. The van der Waals surface area contributed by atoms with Gasteiger partial charge in [-0.05, 0) is 20.3 Å². The van der Waals surface area contributed by atoms with Gasteiger partial charge in [0, 0.05) is 4.32 Å². The first-order valence-electron chi connectivity index (χ1n) is 2.95. The fourth-order valence-electron chi connectivity index (χ4n) is 0.465. The Hall–Kier alpha value is 0.220. The van der Waals surface area contributed by atoms with Crippen molar-refractivity contribution < 1.29 is 0 Å². The van der Waals surface area contributed by atoms with Gasteiger partial charge in [-0.25, -0.2) is 0 Å². The van der Waals surface area contributed by atoms with Crippen LogP contribution in [-0.4, -0.2) is 4.32 Å². The maximum absolute atomic E-state index is 3.55. The van der Waals surface area contributed by atoms with Crippen LogP contribution in [0.25, 0.3) is 0 Å². The Morgan fingerprint density at radius 1 is 1.62 bits per heavy atom. The fraction of sp³-hybridized carbons (Fsp3) is 0.714. The summed E-state index contributed by atoms with van der Waals surface area (Å²) in [7, 11) is 0. The molecule has 1 atom stereocenters. The molecular weight excluding hydrogens is 164 g/mol. The topological polar surface area (TPSA) is 0 Å². The number of alkyl halides is 1. The van der Waals surface area contributed by atoms with Crippen molar-refractivity contribution >= 4 is 15.9 Å². The van der Waals surface area contributed by atoms with E-state index in [4.69, 9.17) is 0 Å². The predicted molar refractivity (Wildman–Crippen MR) is 42.4 cm³/mol. The van der Waals surface area contributed by atoms with Gasteiger partial charge in [0.25, 0.3) is 0 Å². The fourth-order valence-corrected chi connectivity index (χ4v) is 0.730. The van der Waals surface area contributed by atoms with E-state index < -0.39 is 0 Å². The summed E-state index contributed by atoms with van der Waals surface area (Å²) in [5.74, 6) is 0. The Bertz CT molecular complexity index is 82.4. The molecule has 0 aliphatic rings. The first-order chi connectivity index (χ1) is 3.62. The van der Waals surface area contributed by atoms with E-state index in [-0.39, 0.29) is 4.32 Å². The van der Waals surface area contributed by atoms with Crippen LogP contribution in [0.3, 0.4) is 0 Å². The molecule has 0 bridgehead atoms. The van der Waals surface area contributed by atoms with Crippen molar-refractivity contribution in [2.24, 2.45) is 0 Å². The van der Waals surface area contributed by atoms with Gasteiger partial charge in [0.2, 0.25) is 0 Å². The van der Waals surface area contributed by atoms with Crippen LogP contribution in [0.5, 0.6) is 0 Å². The van der Waals surface area contributed by atoms with Crippen LogP contribution in [0.4, 0.5) is 0 Å². The highest BCUT2D eigenvalue weighted by Crippen LogP contribution is 2.22. The third kappa shape index (κ3) is 3.25. The molecule has 0 saturated heterocycles. The van der Waals surface area contributed by atoms with Gasteiger partial charge in [0.1, 0.15) is 0 Å². The molecule has 0 N–H and O–H groups in total. The SMILES string of the molecule is C/C=C/C(C)(Br)CC. The van der Waals surface area contributed by atoms with Crippen LogP contribution in [-0.2, 0) is 0 Å². The number of hydrogen-bond donors (Lipinski definition) is 0. The van der Waals surface area contributed by atoms with Gasteiger partial charge in [-0.2, -0.15) is 0 Å². The van der Waals surface area contributed by atoms with Crippen molar-refractivity contribution in [1.82, 2.24) is 0 Å². The van der Waals surface area contributed by atoms with Gasteiger partial charge in [0.05, 0.1) is 0 Å². The molecule has 8 heavy (non-hydrogen) atoms. The molecule has 0 aromatic rings. The quantitative estimate of drug-likeness (QED) is 0.449. The Morgan fingerprint density at radius 2 is 2.12 bits per heavy atom. The van der Waals surface area contributed by atoms with E-state index in [1.54, 1.807) is 0 Å². The average Bonchev–Trinajstić information content (AvgIpc) is 1.67. The molecule has 0 aliphatic heterocycles. The van der Waals surface area contributed by atoms with E-state index in [1.165, 1.54) is 0 Å². The van der Waals surface area contributed by atoms with Crippen molar-refractivity contribution in [2.45, 2.75) is 31.5 Å². The van der Waals surface area contributed by atoms with Crippen molar-refractivity contribution in [1.29, 1.82) is 0 Å². The summed E-state index contributed by atoms with van der Waals surface area (Å²) in [5, 5.41) is 0. The van der Waals surface area contributed by atoms with Crippen LogP contribution < -0.4 is 0 Å². The highest BCUT2D eigenvalue weighted by molar-refractivity contribution is 9.10. The molecule has 0 spiro atoms. The number of hydrogen-bond acceptors (Lipinski definition) is 0. The van der Waals surface area contributed by atoms with E-state index in [0.29, 0.717) is 0 Å². The summed E-state index contributed by atoms with van der Waals surface area (Å²) < 4.78 is 0.224. The van der Waals surface area contributed by atoms with E-state index >= 15 is 0 Å². The Labute approximate surface area is 60.1 Å². The molecule has 0 radical (unpaired) electrons. The first kappa shape index (κ1) is 8.22. The molecule has 48 valence electrons. The summed E-state index contributed by atoms with van der Waals surface area (Å²) in [5.41, 5.74) is 0. The summed E-state index contributed by atoms with van der Waals surface area (Å²) in [6.45, 7) is 6.36. The highest BCUT2D eigenvalue weighted by atomic mass is 79.9. The Balaban J connectivity index is 3.71. The minimum atomic E-state index is 0.224. The zero-order valence-corrected chi connectivity index (χ0v) is 7.33. The lowest BCUT2D eigenvalue weighted by molar-refractivity contribution is 0.770. The highest BCUT2D eigenvalue weighted by Gasteiger charge is 2.10. The van der Waals surface area contributed by atoms with Gasteiger partial charge >= 0.3 is 0 Å². The summed E-state index contributed by atoms with van der Waals surface area (Å²) >= 11 is 3.55. The molecule has 0 aliphatic carbocycles. The van der Waals surface area contributed by atoms with E-state index in [1.807, 2.05) is 6.92 Å². The van der Waals surface area contributed by atoms with Crippen LogP contribution in [0.15, 0.2) is 12.2 Å². The van der Waals surface area contributed by atoms with Gasteiger partial charge in [0.15, 0.2) is 0 Å². The van der Waals surface area contributed by atoms with Crippen LogP contribution >= 0.6 is 15.9 Å². The maximum Gasteiger partial charge on any atom is 0.0405 e. The zero-order chi connectivity index (χ0) is 6.62. The molecule has 0 aromatic heterocycles. The molecule has 0 rings (SSSR count). The molecule has 0 saturated carbocycles. The zero-order valence-electron chi connectivity index (χ0n) is 5.74.